The number of ketones is 1. The van der Waals surface area contributed by atoms with E-state index >= 15 is 0 Å². The van der Waals surface area contributed by atoms with Crippen LogP contribution in [0.2, 0.25) is 0 Å². The zero-order valence-corrected chi connectivity index (χ0v) is 17.6. The van der Waals surface area contributed by atoms with Gasteiger partial charge in [0.1, 0.15) is 31.0 Å². The summed E-state index contributed by atoms with van der Waals surface area (Å²) in [6.45, 7) is -1.80. The van der Waals surface area contributed by atoms with Gasteiger partial charge in [-0.15, -0.1) is 0 Å². The van der Waals surface area contributed by atoms with E-state index in [2.05, 4.69) is 9.47 Å². The highest BCUT2D eigenvalue weighted by Crippen LogP contribution is 2.26. The third-order valence-electron chi connectivity index (χ3n) is 5.56. The normalized spacial score (nSPS) is 29.3. The SMILES string of the molecule is COC(=O)C1OC1Cn1c(=O)n(CC2OC2C(=O)CO)c(=O)n(CC2OC2C(=O)OC)c1=O. The second-order valence-electron chi connectivity index (χ2n) is 7.64. The predicted molar refractivity (Wildman–Crippen MR) is 101 cm³/mol. The molecule has 4 rings (SSSR count). The van der Waals surface area contributed by atoms with Gasteiger partial charge in [0.15, 0.2) is 18.0 Å². The lowest BCUT2D eigenvalue weighted by Gasteiger charge is -2.12. The summed E-state index contributed by atoms with van der Waals surface area (Å²) in [4.78, 5) is 73.6. The molecule has 1 aromatic heterocycles. The van der Waals surface area contributed by atoms with Crippen LogP contribution in [-0.4, -0.2) is 94.0 Å². The molecule has 1 N–H and O–H groups in total. The number of aliphatic hydroxyl groups is 1. The van der Waals surface area contributed by atoms with Gasteiger partial charge in [0.25, 0.3) is 0 Å². The van der Waals surface area contributed by atoms with Crippen LogP contribution in [0.5, 0.6) is 0 Å². The Bertz CT molecular complexity index is 993. The summed E-state index contributed by atoms with van der Waals surface area (Å²) in [6, 6.07) is 0. The van der Waals surface area contributed by atoms with Crippen LogP contribution in [0.25, 0.3) is 0 Å². The van der Waals surface area contributed by atoms with Crippen LogP contribution >= 0.6 is 0 Å². The van der Waals surface area contributed by atoms with E-state index in [1.165, 1.54) is 0 Å². The van der Waals surface area contributed by atoms with E-state index in [0.29, 0.717) is 4.57 Å². The van der Waals surface area contributed by atoms with Crippen molar-refractivity contribution in [2.45, 2.75) is 56.3 Å². The largest absolute Gasteiger partial charge is 0.467 e. The number of hydrogen-bond donors (Lipinski definition) is 1. The van der Waals surface area contributed by atoms with Crippen molar-refractivity contribution in [3.05, 3.63) is 31.5 Å². The third-order valence-corrected chi connectivity index (χ3v) is 5.56. The molecular weight excluding hydrogens is 450 g/mol. The summed E-state index contributed by atoms with van der Waals surface area (Å²) in [5, 5.41) is 8.94. The van der Waals surface area contributed by atoms with E-state index < -0.39 is 78.0 Å². The smallest absolute Gasteiger partial charge is 0.337 e. The van der Waals surface area contributed by atoms with Gasteiger partial charge in [-0.2, -0.15) is 0 Å². The van der Waals surface area contributed by atoms with E-state index in [1.54, 1.807) is 0 Å². The molecule has 3 aliphatic heterocycles. The minimum atomic E-state index is -0.993. The van der Waals surface area contributed by atoms with Crippen molar-refractivity contribution in [3.63, 3.8) is 0 Å². The zero-order valence-electron chi connectivity index (χ0n) is 17.6. The minimum absolute atomic E-state index is 0.339. The molecule has 3 aliphatic rings. The van der Waals surface area contributed by atoms with Gasteiger partial charge in [0.2, 0.25) is 0 Å². The lowest BCUT2D eigenvalue weighted by atomic mass is 10.2. The fourth-order valence-electron chi connectivity index (χ4n) is 3.56. The van der Waals surface area contributed by atoms with E-state index in [1.807, 2.05) is 0 Å². The molecule has 0 spiro atoms. The van der Waals surface area contributed by atoms with Crippen LogP contribution in [0.4, 0.5) is 0 Å². The fourth-order valence-corrected chi connectivity index (χ4v) is 3.56. The summed E-state index contributed by atoms with van der Waals surface area (Å²) in [6.07, 6.45) is -5.35. The molecule has 0 bridgehead atoms. The van der Waals surface area contributed by atoms with Crippen molar-refractivity contribution in [2.75, 3.05) is 20.8 Å². The first-order valence-electron chi connectivity index (χ1n) is 9.91. The number of epoxide rings is 3. The van der Waals surface area contributed by atoms with E-state index in [0.717, 1.165) is 23.4 Å². The van der Waals surface area contributed by atoms with Crippen LogP contribution < -0.4 is 17.1 Å². The van der Waals surface area contributed by atoms with Crippen molar-refractivity contribution in [3.8, 4) is 0 Å². The molecule has 15 nitrogen and oxygen atoms in total. The summed E-state index contributed by atoms with van der Waals surface area (Å²) in [7, 11) is 2.32. The molecule has 15 heteroatoms. The Morgan fingerprint density at radius 1 is 0.727 bits per heavy atom. The van der Waals surface area contributed by atoms with Gasteiger partial charge >= 0.3 is 29.0 Å². The second kappa shape index (κ2) is 8.66. The molecule has 0 aliphatic carbocycles. The average Bonchev–Trinajstić information content (AvgIpc) is 3.69. The van der Waals surface area contributed by atoms with Crippen molar-refractivity contribution < 1.29 is 43.2 Å². The number of Topliss-reactive ketones (excluding diaryl/α,β-unsaturated/α-hetero) is 1. The van der Waals surface area contributed by atoms with Crippen LogP contribution in [0.1, 0.15) is 0 Å². The molecule has 6 atom stereocenters. The topological polar surface area (TPSA) is 193 Å². The molecule has 3 saturated heterocycles. The lowest BCUT2D eigenvalue weighted by molar-refractivity contribution is -0.142. The minimum Gasteiger partial charge on any atom is -0.467 e. The molecule has 0 aromatic carbocycles. The van der Waals surface area contributed by atoms with Crippen LogP contribution in [0.3, 0.4) is 0 Å². The van der Waals surface area contributed by atoms with Crippen LogP contribution in [0.15, 0.2) is 14.4 Å². The van der Waals surface area contributed by atoms with E-state index in [-0.39, 0.29) is 19.6 Å². The van der Waals surface area contributed by atoms with Gasteiger partial charge in [-0.1, -0.05) is 0 Å². The maximum atomic E-state index is 13.0. The highest BCUT2D eigenvalue weighted by molar-refractivity contribution is 5.86. The van der Waals surface area contributed by atoms with Crippen LogP contribution in [0, 0.1) is 0 Å². The van der Waals surface area contributed by atoms with Gasteiger partial charge in [0.05, 0.1) is 33.9 Å². The number of rotatable bonds is 10. The summed E-state index contributed by atoms with van der Waals surface area (Å²) in [5.74, 6) is -1.96. The maximum Gasteiger partial charge on any atom is 0.337 e. The number of aromatic nitrogens is 3. The lowest BCUT2D eigenvalue weighted by Crippen LogP contribution is -2.56. The summed E-state index contributed by atoms with van der Waals surface area (Å²) >= 11 is 0. The zero-order chi connectivity index (χ0) is 24.0. The van der Waals surface area contributed by atoms with E-state index in [9.17, 15) is 28.8 Å². The number of nitrogens with zero attached hydrogens (tertiary/aromatic N) is 3. The second-order valence-corrected chi connectivity index (χ2v) is 7.64. The summed E-state index contributed by atoms with van der Waals surface area (Å²) in [5.41, 5.74) is -2.97. The van der Waals surface area contributed by atoms with Gasteiger partial charge in [-0.05, 0) is 0 Å². The maximum absolute atomic E-state index is 13.0. The number of ether oxygens (including phenoxy) is 5. The highest BCUT2D eigenvalue weighted by Gasteiger charge is 2.49. The number of esters is 2. The molecule has 4 heterocycles. The Kier molecular flexibility index (Phi) is 6.04. The summed E-state index contributed by atoms with van der Waals surface area (Å²) < 4.78 is 26.7. The molecule has 0 radical (unpaired) electrons. The Labute approximate surface area is 184 Å². The predicted octanol–water partition coefficient (Wildman–Crippen LogP) is -4.62. The number of methoxy groups -OCH3 is 2. The number of hydrogen-bond acceptors (Lipinski definition) is 12. The molecule has 0 saturated carbocycles. The van der Waals surface area contributed by atoms with Gasteiger partial charge in [-0.3, -0.25) is 4.79 Å². The fraction of sp³-hybridized carbons (Fsp3) is 0.667. The van der Waals surface area contributed by atoms with E-state index in [4.69, 9.17) is 19.3 Å². The molecule has 180 valence electrons. The Morgan fingerprint density at radius 3 is 1.39 bits per heavy atom. The quantitative estimate of drug-likeness (QED) is 0.254. The molecule has 0 amide bonds. The standard InChI is InChI=1S/C18H21N3O12/c1-29-14(24)12-9(32-12)4-20-16(26)19(3-8-11(31-8)7(23)6-22)17(27)21(18(20)28)5-10-13(33-10)15(25)30-2/h8-13,22H,3-6H2,1-2H3. The van der Waals surface area contributed by atoms with Crippen molar-refractivity contribution in [1.82, 2.24) is 13.7 Å². The first-order valence-corrected chi connectivity index (χ1v) is 9.91. The number of aliphatic hydroxyl groups excluding tert-OH is 1. The Hall–Kier alpha value is -3.14. The number of carbonyl (C=O) groups is 3. The molecule has 3 fully saturated rings. The Balaban J connectivity index is 1.64. The Morgan fingerprint density at radius 2 is 1.06 bits per heavy atom. The monoisotopic (exact) mass is 471 g/mol. The number of carbonyl (C=O) groups excluding carboxylic acids is 3. The first kappa shape index (κ1) is 23.0. The van der Waals surface area contributed by atoms with Crippen molar-refractivity contribution >= 4 is 17.7 Å². The molecular formula is C18H21N3O12. The van der Waals surface area contributed by atoms with Crippen molar-refractivity contribution in [1.29, 1.82) is 0 Å². The van der Waals surface area contributed by atoms with Crippen LogP contribution in [-0.2, 0) is 57.7 Å². The van der Waals surface area contributed by atoms with Gasteiger partial charge in [-0.25, -0.2) is 37.7 Å². The van der Waals surface area contributed by atoms with Crippen molar-refractivity contribution in [2.24, 2.45) is 0 Å². The van der Waals surface area contributed by atoms with Gasteiger partial charge in [0, 0.05) is 0 Å². The molecule has 1 aromatic rings. The van der Waals surface area contributed by atoms with Gasteiger partial charge < -0.3 is 28.8 Å². The average molecular weight is 471 g/mol. The highest BCUT2D eigenvalue weighted by atomic mass is 16.6. The molecule has 33 heavy (non-hydrogen) atoms. The third kappa shape index (κ3) is 4.39. The molecule has 6 unspecified atom stereocenters. The first-order chi connectivity index (χ1) is 15.7.